The largest absolute Gasteiger partial charge is 0.497 e. The summed E-state index contributed by atoms with van der Waals surface area (Å²) in [6, 6.07) is 14.3. The highest BCUT2D eigenvalue weighted by Crippen LogP contribution is 2.24. The molecule has 2 aromatic heterocycles. The zero-order chi connectivity index (χ0) is 19.0. The number of benzene rings is 2. The number of methoxy groups -OCH3 is 1. The Labute approximate surface area is 157 Å². The van der Waals surface area contributed by atoms with E-state index in [2.05, 4.69) is 10.2 Å². The van der Waals surface area contributed by atoms with Crippen molar-refractivity contribution in [3.05, 3.63) is 58.9 Å². The van der Waals surface area contributed by atoms with Crippen molar-refractivity contribution >= 4 is 34.3 Å². The second-order valence-corrected chi connectivity index (χ2v) is 6.67. The Morgan fingerprint density at radius 3 is 2.78 bits per heavy atom. The third-order valence-corrected chi connectivity index (χ3v) is 5.00. The van der Waals surface area contributed by atoms with E-state index in [4.69, 9.17) is 10.5 Å². The van der Waals surface area contributed by atoms with Gasteiger partial charge in [0.1, 0.15) is 5.75 Å². The number of para-hydroxylation sites is 1. The van der Waals surface area contributed by atoms with Gasteiger partial charge in [-0.25, -0.2) is 4.57 Å². The van der Waals surface area contributed by atoms with Crippen LogP contribution in [-0.2, 0) is 4.79 Å². The van der Waals surface area contributed by atoms with Crippen molar-refractivity contribution in [1.82, 2.24) is 19.2 Å². The van der Waals surface area contributed by atoms with Gasteiger partial charge in [0.2, 0.25) is 11.7 Å². The van der Waals surface area contributed by atoms with Crippen LogP contribution in [0.3, 0.4) is 0 Å². The maximum atomic E-state index is 13.2. The molecule has 0 saturated heterocycles. The molecule has 0 spiro atoms. The fourth-order valence-electron chi connectivity index (χ4n) is 2.89. The van der Waals surface area contributed by atoms with E-state index in [-0.39, 0.29) is 11.3 Å². The molecule has 2 N–H and O–H groups in total. The minimum absolute atomic E-state index is 0.0629. The van der Waals surface area contributed by atoms with Gasteiger partial charge < -0.3 is 10.5 Å². The monoisotopic (exact) mass is 381 g/mol. The van der Waals surface area contributed by atoms with E-state index in [1.807, 2.05) is 12.1 Å². The molecule has 0 radical (unpaired) electrons. The number of thioether (sulfide) groups is 1. The van der Waals surface area contributed by atoms with Gasteiger partial charge in [0.25, 0.3) is 5.56 Å². The topological polar surface area (TPSA) is 105 Å². The molecular weight excluding hydrogens is 366 g/mol. The molecule has 0 aliphatic heterocycles. The zero-order valence-corrected chi connectivity index (χ0v) is 15.1. The van der Waals surface area contributed by atoms with E-state index < -0.39 is 5.91 Å². The van der Waals surface area contributed by atoms with Crippen molar-refractivity contribution in [2.75, 3.05) is 12.9 Å². The van der Waals surface area contributed by atoms with Crippen LogP contribution in [0.25, 0.3) is 22.4 Å². The highest BCUT2D eigenvalue weighted by atomic mass is 32.2. The van der Waals surface area contributed by atoms with Crippen molar-refractivity contribution in [1.29, 1.82) is 0 Å². The lowest BCUT2D eigenvalue weighted by Crippen LogP contribution is -2.22. The fourth-order valence-corrected chi connectivity index (χ4v) is 3.57. The predicted molar refractivity (Wildman–Crippen MR) is 103 cm³/mol. The van der Waals surface area contributed by atoms with Gasteiger partial charge in [-0.05, 0) is 24.3 Å². The zero-order valence-electron chi connectivity index (χ0n) is 14.3. The number of fused-ring (bicyclic) bond motifs is 3. The summed E-state index contributed by atoms with van der Waals surface area (Å²) in [6.45, 7) is 0. The van der Waals surface area contributed by atoms with Crippen molar-refractivity contribution in [2.45, 2.75) is 5.16 Å². The number of nitrogens with two attached hydrogens (primary N) is 1. The lowest BCUT2D eigenvalue weighted by atomic mass is 10.2. The molecule has 1 amide bonds. The summed E-state index contributed by atoms with van der Waals surface area (Å²) >= 11 is 1.17. The van der Waals surface area contributed by atoms with Gasteiger partial charge in [-0.1, -0.05) is 30.0 Å². The predicted octanol–water partition coefficient (Wildman–Crippen LogP) is 1.62. The molecule has 4 aromatic rings. The number of nitrogens with zero attached hydrogens (tertiary/aromatic N) is 4. The molecule has 0 fully saturated rings. The van der Waals surface area contributed by atoms with Crippen LogP contribution >= 0.6 is 11.8 Å². The Morgan fingerprint density at radius 1 is 1.19 bits per heavy atom. The molecule has 0 aliphatic rings. The summed E-state index contributed by atoms with van der Waals surface area (Å²) in [6.07, 6.45) is 0. The molecular formula is C18H15N5O3S. The number of hydrogen-bond acceptors (Lipinski definition) is 6. The maximum Gasteiger partial charge on any atom is 0.267 e. The van der Waals surface area contributed by atoms with Gasteiger partial charge >= 0.3 is 0 Å². The number of hydrogen-bond donors (Lipinski definition) is 1. The molecule has 4 rings (SSSR count). The third-order valence-electron chi connectivity index (χ3n) is 4.05. The van der Waals surface area contributed by atoms with Gasteiger partial charge in [0, 0.05) is 6.07 Å². The second-order valence-electron chi connectivity index (χ2n) is 5.73. The first-order valence-electron chi connectivity index (χ1n) is 8.04. The Morgan fingerprint density at radius 2 is 2.00 bits per heavy atom. The quantitative estimate of drug-likeness (QED) is 0.527. The van der Waals surface area contributed by atoms with E-state index in [9.17, 15) is 9.59 Å². The van der Waals surface area contributed by atoms with Crippen molar-refractivity contribution in [3.8, 4) is 11.4 Å². The van der Waals surface area contributed by atoms with Gasteiger partial charge in [-0.15, -0.1) is 10.2 Å². The van der Waals surface area contributed by atoms with Crippen LogP contribution in [-0.4, -0.2) is 37.9 Å². The Bertz CT molecular complexity index is 1230. The SMILES string of the molecule is COc1cccc(-n2c(=O)c3ccccc3n3c(SCC(N)=O)nnc23)c1. The summed E-state index contributed by atoms with van der Waals surface area (Å²) in [5.74, 6) is 0.572. The number of aromatic nitrogens is 4. The molecule has 2 aromatic carbocycles. The van der Waals surface area contributed by atoms with Crippen molar-refractivity contribution < 1.29 is 9.53 Å². The van der Waals surface area contributed by atoms with Gasteiger partial charge in [-0.2, -0.15) is 0 Å². The minimum atomic E-state index is -0.456. The van der Waals surface area contributed by atoms with E-state index in [1.54, 1.807) is 47.9 Å². The van der Waals surface area contributed by atoms with E-state index in [0.29, 0.717) is 33.3 Å². The normalized spacial score (nSPS) is 11.1. The van der Waals surface area contributed by atoms with Crippen LogP contribution in [0, 0.1) is 0 Å². The lowest BCUT2D eigenvalue weighted by Gasteiger charge is -2.12. The van der Waals surface area contributed by atoms with E-state index >= 15 is 0 Å². The van der Waals surface area contributed by atoms with Crippen molar-refractivity contribution in [2.24, 2.45) is 5.73 Å². The van der Waals surface area contributed by atoms with Crippen LogP contribution < -0.4 is 16.0 Å². The molecule has 0 unspecified atom stereocenters. The summed E-state index contributed by atoms with van der Waals surface area (Å²) in [4.78, 5) is 24.4. The average molecular weight is 381 g/mol. The van der Waals surface area contributed by atoms with Gasteiger partial charge in [0.15, 0.2) is 5.16 Å². The number of rotatable bonds is 5. The Balaban J connectivity index is 2.07. The fraction of sp³-hybridized carbons (Fsp3) is 0.111. The molecule has 136 valence electrons. The standard InChI is InChI=1S/C18H15N5O3S/c1-26-12-6-4-5-11(9-12)22-16(25)13-7-2-3-8-14(13)23-17(22)20-21-18(23)27-10-15(19)24/h2-9H,10H2,1H3,(H2,19,24). The molecule has 8 nitrogen and oxygen atoms in total. The summed E-state index contributed by atoms with van der Waals surface area (Å²) in [5.41, 5.74) is 6.31. The first-order chi connectivity index (χ1) is 13.1. The smallest absolute Gasteiger partial charge is 0.267 e. The van der Waals surface area contributed by atoms with Gasteiger partial charge in [-0.3, -0.25) is 14.0 Å². The highest BCUT2D eigenvalue weighted by Gasteiger charge is 2.18. The van der Waals surface area contributed by atoms with Crippen LogP contribution in [0.1, 0.15) is 0 Å². The average Bonchev–Trinajstić information content (AvgIpc) is 3.10. The molecule has 0 bridgehead atoms. The molecule has 0 atom stereocenters. The Hall–Kier alpha value is -3.33. The number of ether oxygens (including phenoxy) is 1. The lowest BCUT2D eigenvalue weighted by molar-refractivity contribution is -0.115. The number of amides is 1. The molecule has 9 heteroatoms. The minimum Gasteiger partial charge on any atom is -0.497 e. The van der Waals surface area contributed by atoms with Crippen LogP contribution in [0.2, 0.25) is 0 Å². The number of primary amides is 1. The molecule has 2 heterocycles. The van der Waals surface area contributed by atoms with Crippen molar-refractivity contribution in [3.63, 3.8) is 0 Å². The number of carbonyl (C=O) groups is 1. The third kappa shape index (κ3) is 2.91. The van der Waals surface area contributed by atoms with E-state index in [0.717, 1.165) is 0 Å². The summed E-state index contributed by atoms with van der Waals surface area (Å²) < 4.78 is 8.50. The molecule has 0 aliphatic carbocycles. The number of carbonyl (C=O) groups excluding carboxylic acids is 1. The first kappa shape index (κ1) is 17.1. The summed E-state index contributed by atoms with van der Waals surface area (Å²) in [7, 11) is 1.56. The Kier molecular flexibility index (Phi) is 4.28. The first-order valence-corrected chi connectivity index (χ1v) is 9.03. The van der Waals surface area contributed by atoms with Crippen LogP contribution in [0.15, 0.2) is 58.5 Å². The second kappa shape index (κ2) is 6.76. The molecule has 27 heavy (non-hydrogen) atoms. The van der Waals surface area contributed by atoms with Gasteiger partial charge in [0.05, 0.1) is 29.5 Å². The van der Waals surface area contributed by atoms with Crippen LogP contribution in [0.5, 0.6) is 5.75 Å². The molecule has 0 saturated carbocycles. The van der Waals surface area contributed by atoms with E-state index in [1.165, 1.54) is 16.3 Å². The highest BCUT2D eigenvalue weighted by molar-refractivity contribution is 7.99. The summed E-state index contributed by atoms with van der Waals surface area (Å²) in [5, 5.41) is 9.36. The van der Waals surface area contributed by atoms with Crippen LogP contribution in [0.4, 0.5) is 0 Å². The maximum absolute atomic E-state index is 13.2.